The van der Waals surface area contributed by atoms with Crippen molar-refractivity contribution in [3.63, 3.8) is 0 Å². The number of aryl methyl sites for hydroxylation is 1. The number of aromatic nitrogens is 3. The SMILES string of the molecule is Cc1cn(C2CCCC2)c2nc(Nc3ccccc3)ncc12. The third-order valence-electron chi connectivity index (χ3n) is 4.52. The molecule has 0 amide bonds. The van der Waals surface area contributed by atoms with Gasteiger partial charge in [0.25, 0.3) is 0 Å². The summed E-state index contributed by atoms with van der Waals surface area (Å²) in [5.41, 5.74) is 3.32. The fraction of sp³-hybridized carbons (Fsp3) is 0.333. The second-order valence-corrected chi connectivity index (χ2v) is 6.08. The molecule has 1 aliphatic rings. The molecule has 0 atom stereocenters. The number of nitrogens with zero attached hydrogens (tertiary/aromatic N) is 3. The third kappa shape index (κ3) is 2.34. The highest BCUT2D eigenvalue weighted by Crippen LogP contribution is 2.33. The number of para-hydroxylation sites is 1. The predicted octanol–water partition coefficient (Wildman–Crippen LogP) is 4.60. The molecular weight excluding hydrogens is 272 g/mol. The quantitative estimate of drug-likeness (QED) is 0.767. The van der Waals surface area contributed by atoms with E-state index in [-0.39, 0.29) is 0 Å². The third-order valence-corrected chi connectivity index (χ3v) is 4.52. The van der Waals surface area contributed by atoms with E-state index in [9.17, 15) is 0 Å². The van der Waals surface area contributed by atoms with Crippen molar-refractivity contribution in [3.8, 4) is 0 Å². The van der Waals surface area contributed by atoms with E-state index in [1.807, 2.05) is 36.5 Å². The lowest BCUT2D eigenvalue weighted by Gasteiger charge is -2.13. The Morgan fingerprint density at radius 2 is 1.91 bits per heavy atom. The molecule has 2 aromatic heterocycles. The van der Waals surface area contributed by atoms with Gasteiger partial charge in [-0.3, -0.25) is 0 Å². The fourth-order valence-electron chi connectivity index (χ4n) is 3.36. The van der Waals surface area contributed by atoms with Gasteiger partial charge in [-0.2, -0.15) is 4.98 Å². The summed E-state index contributed by atoms with van der Waals surface area (Å²) in [5.74, 6) is 0.663. The molecular formula is C18H20N4. The van der Waals surface area contributed by atoms with Crippen molar-refractivity contribution in [2.75, 3.05) is 5.32 Å². The zero-order valence-corrected chi connectivity index (χ0v) is 12.8. The number of hydrogen-bond acceptors (Lipinski definition) is 3. The minimum Gasteiger partial charge on any atom is -0.329 e. The Bertz CT molecular complexity index is 785. The van der Waals surface area contributed by atoms with Crippen LogP contribution in [0, 0.1) is 6.92 Å². The summed E-state index contributed by atoms with van der Waals surface area (Å²) < 4.78 is 2.36. The molecule has 4 heteroatoms. The van der Waals surface area contributed by atoms with Crippen LogP contribution < -0.4 is 5.32 Å². The average molecular weight is 292 g/mol. The molecule has 1 aliphatic carbocycles. The van der Waals surface area contributed by atoms with Gasteiger partial charge >= 0.3 is 0 Å². The van der Waals surface area contributed by atoms with Crippen molar-refractivity contribution in [1.82, 2.24) is 14.5 Å². The number of benzene rings is 1. The molecule has 1 N–H and O–H groups in total. The first-order valence-corrected chi connectivity index (χ1v) is 7.97. The Morgan fingerprint density at radius 3 is 2.68 bits per heavy atom. The van der Waals surface area contributed by atoms with Gasteiger partial charge in [-0.25, -0.2) is 4.98 Å². The van der Waals surface area contributed by atoms with Crippen LogP contribution in [0.3, 0.4) is 0 Å². The zero-order chi connectivity index (χ0) is 14.9. The Morgan fingerprint density at radius 1 is 1.14 bits per heavy atom. The monoisotopic (exact) mass is 292 g/mol. The summed E-state index contributed by atoms with van der Waals surface area (Å²) in [6, 6.07) is 10.7. The Balaban J connectivity index is 1.74. The Hall–Kier alpha value is -2.36. The number of rotatable bonds is 3. The highest BCUT2D eigenvalue weighted by atomic mass is 15.2. The predicted molar refractivity (Wildman–Crippen MR) is 89.5 cm³/mol. The maximum Gasteiger partial charge on any atom is 0.229 e. The van der Waals surface area contributed by atoms with Crippen molar-refractivity contribution in [3.05, 3.63) is 48.3 Å². The van der Waals surface area contributed by atoms with Crippen LogP contribution in [-0.2, 0) is 0 Å². The van der Waals surface area contributed by atoms with Gasteiger partial charge < -0.3 is 9.88 Å². The minimum absolute atomic E-state index is 0.593. The molecule has 0 bridgehead atoms. The average Bonchev–Trinajstić information content (AvgIpc) is 3.17. The summed E-state index contributed by atoms with van der Waals surface area (Å²) in [6.07, 6.45) is 9.34. The van der Waals surface area contributed by atoms with Crippen LogP contribution in [0.1, 0.15) is 37.3 Å². The second kappa shape index (κ2) is 5.44. The van der Waals surface area contributed by atoms with Gasteiger partial charge in [-0.1, -0.05) is 31.0 Å². The summed E-state index contributed by atoms with van der Waals surface area (Å²) in [4.78, 5) is 9.24. The van der Waals surface area contributed by atoms with Gasteiger partial charge in [0.15, 0.2) is 0 Å². The summed E-state index contributed by atoms with van der Waals surface area (Å²) in [7, 11) is 0. The van der Waals surface area contributed by atoms with E-state index in [0.717, 1.165) is 16.7 Å². The van der Waals surface area contributed by atoms with Crippen LogP contribution in [0.2, 0.25) is 0 Å². The summed E-state index contributed by atoms with van der Waals surface area (Å²) in [6.45, 7) is 2.14. The van der Waals surface area contributed by atoms with E-state index in [1.165, 1.54) is 31.2 Å². The number of fused-ring (bicyclic) bond motifs is 1. The van der Waals surface area contributed by atoms with E-state index < -0.39 is 0 Å². The first kappa shape index (κ1) is 13.3. The highest BCUT2D eigenvalue weighted by Gasteiger charge is 2.20. The maximum atomic E-state index is 4.78. The minimum atomic E-state index is 0.593. The van der Waals surface area contributed by atoms with E-state index >= 15 is 0 Å². The van der Waals surface area contributed by atoms with Gasteiger partial charge in [0.1, 0.15) is 5.65 Å². The standard InChI is InChI=1S/C18H20N4/c1-13-12-22(15-9-5-6-10-15)17-16(13)11-19-18(21-17)20-14-7-3-2-4-8-14/h2-4,7-8,11-12,15H,5-6,9-10H2,1H3,(H,19,20,21). The summed E-state index contributed by atoms with van der Waals surface area (Å²) >= 11 is 0. The highest BCUT2D eigenvalue weighted by molar-refractivity contribution is 5.80. The lowest BCUT2D eigenvalue weighted by molar-refractivity contribution is 0.532. The topological polar surface area (TPSA) is 42.7 Å². The van der Waals surface area contributed by atoms with Gasteiger partial charge in [-0.05, 0) is 37.5 Å². The van der Waals surface area contributed by atoms with E-state index in [1.54, 1.807) is 0 Å². The molecule has 2 heterocycles. The Kier molecular flexibility index (Phi) is 3.29. The van der Waals surface area contributed by atoms with Crippen LogP contribution in [0.4, 0.5) is 11.6 Å². The molecule has 4 rings (SSSR count). The molecule has 1 saturated carbocycles. The largest absolute Gasteiger partial charge is 0.329 e. The molecule has 0 spiro atoms. The Labute approximate surface area is 130 Å². The van der Waals surface area contributed by atoms with Crippen molar-refractivity contribution >= 4 is 22.7 Å². The number of nitrogens with one attached hydrogen (secondary N) is 1. The van der Waals surface area contributed by atoms with Crippen molar-refractivity contribution < 1.29 is 0 Å². The zero-order valence-electron chi connectivity index (χ0n) is 12.8. The number of anilines is 2. The van der Waals surface area contributed by atoms with E-state index in [0.29, 0.717) is 12.0 Å². The molecule has 112 valence electrons. The van der Waals surface area contributed by atoms with Crippen LogP contribution in [-0.4, -0.2) is 14.5 Å². The van der Waals surface area contributed by atoms with Crippen LogP contribution >= 0.6 is 0 Å². The van der Waals surface area contributed by atoms with Gasteiger partial charge in [0, 0.05) is 29.5 Å². The molecule has 22 heavy (non-hydrogen) atoms. The first-order valence-electron chi connectivity index (χ1n) is 7.97. The van der Waals surface area contributed by atoms with E-state index in [2.05, 4.69) is 28.0 Å². The smallest absolute Gasteiger partial charge is 0.229 e. The molecule has 4 nitrogen and oxygen atoms in total. The van der Waals surface area contributed by atoms with Gasteiger partial charge in [0.2, 0.25) is 5.95 Å². The van der Waals surface area contributed by atoms with Gasteiger partial charge in [0.05, 0.1) is 0 Å². The molecule has 1 aromatic carbocycles. The van der Waals surface area contributed by atoms with Crippen LogP contribution in [0.25, 0.3) is 11.0 Å². The lowest BCUT2D eigenvalue weighted by Crippen LogP contribution is -2.05. The lowest BCUT2D eigenvalue weighted by atomic mass is 10.2. The molecule has 0 saturated heterocycles. The van der Waals surface area contributed by atoms with Crippen LogP contribution in [0.15, 0.2) is 42.7 Å². The first-order chi connectivity index (χ1) is 10.8. The molecule has 0 aliphatic heterocycles. The van der Waals surface area contributed by atoms with Gasteiger partial charge in [-0.15, -0.1) is 0 Å². The molecule has 1 fully saturated rings. The van der Waals surface area contributed by atoms with Crippen molar-refractivity contribution in [2.24, 2.45) is 0 Å². The fourth-order valence-corrected chi connectivity index (χ4v) is 3.36. The van der Waals surface area contributed by atoms with Crippen molar-refractivity contribution in [1.29, 1.82) is 0 Å². The molecule has 3 aromatic rings. The summed E-state index contributed by atoms with van der Waals surface area (Å²) in [5, 5.41) is 4.45. The molecule has 0 radical (unpaired) electrons. The maximum absolute atomic E-state index is 4.78. The van der Waals surface area contributed by atoms with Crippen molar-refractivity contribution in [2.45, 2.75) is 38.6 Å². The second-order valence-electron chi connectivity index (χ2n) is 6.08. The number of hydrogen-bond donors (Lipinski definition) is 1. The normalized spacial score (nSPS) is 15.5. The van der Waals surface area contributed by atoms with E-state index in [4.69, 9.17) is 4.98 Å². The molecule has 0 unspecified atom stereocenters. The van der Waals surface area contributed by atoms with Crippen LogP contribution in [0.5, 0.6) is 0 Å².